The maximum absolute atomic E-state index is 12.6. The van der Waals surface area contributed by atoms with Crippen LogP contribution in [0.3, 0.4) is 0 Å². The third-order valence-electron chi connectivity index (χ3n) is 2.45. The van der Waals surface area contributed by atoms with Gasteiger partial charge in [-0.25, -0.2) is 0 Å². The molecular formula is C11H8BrF3N2O. The van der Waals surface area contributed by atoms with Crippen LogP contribution in [0.25, 0.3) is 0 Å². The molecule has 96 valence electrons. The molecule has 1 aromatic heterocycles. The van der Waals surface area contributed by atoms with Crippen LogP contribution in [0.4, 0.5) is 13.2 Å². The predicted molar refractivity (Wildman–Crippen MR) is 63.4 cm³/mol. The fourth-order valence-electron chi connectivity index (χ4n) is 1.60. The first-order chi connectivity index (χ1) is 8.38. The number of alkyl halides is 3. The standard InChI is InChI=1S/C11H8BrF3N2O/c12-7-3-1-6(2-4-7)5-8-9(11(13,14)15)16-17-10(8)18/h1-4H,5H2,(H2,16,17,18). The van der Waals surface area contributed by atoms with Crippen LogP contribution in [-0.4, -0.2) is 10.2 Å². The Kier molecular flexibility index (Phi) is 3.34. The van der Waals surface area contributed by atoms with Gasteiger partial charge in [-0.2, -0.15) is 13.2 Å². The van der Waals surface area contributed by atoms with E-state index in [1.165, 1.54) is 0 Å². The van der Waals surface area contributed by atoms with Gasteiger partial charge < -0.3 is 0 Å². The summed E-state index contributed by atoms with van der Waals surface area (Å²) in [6, 6.07) is 6.75. The van der Waals surface area contributed by atoms with Gasteiger partial charge in [-0.15, -0.1) is 0 Å². The smallest absolute Gasteiger partial charge is 0.293 e. The minimum Gasteiger partial charge on any atom is -0.293 e. The monoisotopic (exact) mass is 320 g/mol. The number of halogens is 4. The van der Waals surface area contributed by atoms with Gasteiger partial charge in [0.1, 0.15) is 5.69 Å². The maximum atomic E-state index is 12.6. The van der Waals surface area contributed by atoms with E-state index in [1.54, 1.807) is 24.3 Å². The lowest BCUT2D eigenvalue weighted by atomic mass is 10.1. The molecule has 7 heteroatoms. The molecule has 0 atom stereocenters. The zero-order chi connectivity index (χ0) is 13.3. The van der Waals surface area contributed by atoms with Crippen molar-refractivity contribution in [1.29, 1.82) is 0 Å². The molecule has 0 amide bonds. The Bertz CT molecular complexity index is 598. The summed E-state index contributed by atoms with van der Waals surface area (Å²) in [6.07, 6.45) is -4.63. The van der Waals surface area contributed by atoms with Crippen molar-refractivity contribution in [2.75, 3.05) is 0 Å². The van der Waals surface area contributed by atoms with Crippen molar-refractivity contribution < 1.29 is 13.2 Å². The van der Waals surface area contributed by atoms with Crippen LogP contribution in [0, 0.1) is 0 Å². The van der Waals surface area contributed by atoms with Gasteiger partial charge in [0.25, 0.3) is 5.56 Å². The van der Waals surface area contributed by atoms with E-state index in [0.717, 1.165) is 4.47 Å². The van der Waals surface area contributed by atoms with Crippen LogP contribution in [0.5, 0.6) is 0 Å². The van der Waals surface area contributed by atoms with Crippen LogP contribution in [-0.2, 0) is 12.6 Å². The van der Waals surface area contributed by atoms with Gasteiger partial charge in [-0.05, 0) is 17.7 Å². The molecule has 0 aliphatic carbocycles. The van der Waals surface area contributed by atoms with Crippen molar-refractivity contribution in [3.8, 4) is 0 Å². The normalized spacial score (nSPS) is 11.8. The molecular weight excluding hydrogens is 313 g/mol. The van der Waals surface area contributed by atoms with E-state index in [1.807, 2.05) is 10.2 Å². The Morgan fingerprint density at radius 2 is 1.72 bits per heavy atom. The highest BCUT2D eigenvalue weighted by Gasteiger charge is 2.36. The van der Waals surface area contributed by atoms with E-state index in [0.29, 0.717) is 5.56 Å². The van der Waals surface area contributed by atoms with Gasteiger partial charge in [-0.1, -0.05) is 28.1 Å². The summed E-state index contributed by atoms with van der Waals surface area (Å²) >= 11 is 3.23. The third-order valence-corrected chi connectivity index (χ3v) is 2.98. The third kappa shape index (κ3) is 2.66. The minimum atomic E-state index is -4.57. The number of nitrogens with one attached hydrogen (secondary N) is 2. The Balaban J connectivity index is 2.37. The van der Waals surface area contributed by atoms with Gasteiger partial charge in [0.15, 0.2) is 0 Å². The molecule has 0 radical (unpaired) electrons. The highest BCUT2D eigenvalue weighted by molar-refractivity contribution is 9.10. The summed E-state index contributed by atoms with van der Waals surface area (Å²) in [6.45, 7) is 0. The van der Waals surface area contributed by atoms with Gasteiger partial charge in [0, 0.05) is 10.9 Å². The van der Waals surface area contributed by atoms with Crippen molar-refractivity contribution in [1.82, 2.24) is 10.2 Å². The fraction of sp³-hybridized carbons (Fsp3) is 0.182. The molecule has 1 heterocycles. The summed E-state index contributed by atoms with van der Waals surface area (Å²) in [5.41, 5.74) is -1.43. The van der Waals surface area contributed by atoms with E-state index in [2.05, 4.69) is 15.9 Å². The molecule has 0 saturated carbocycles. The first kappa shape index (κ1) is 12.9. The van der Waals surface area contributed by atoms with E-state index < -0.39 is 17.4 Å². The van der Waals surface area contributed by atoms with E-state index >= 15 is 0 Å². The first-order valence-electron chi connectivity index (χ1n) is 4.99. The number of hydrogen-bond acceptors (Lipinski definition) is 1. The highest BCUT2D eigenvalue weighted by Crippen LogP contribution is 2.29. The van der Waals surface area contributed by atoms with Gasteiger partial charge in [0.2, 0.25) is 0 Å². The molecule has 0 bridgehead atoms. The van der Waals surface area contributed by atoms with E-state index in [9.17, 15) is 18.0 Å². The molecule has 0 aliphatic rings. The minimum absolute atomic E-state index is 0.0685. The van der Waals surface area contributed by atoms with Crippen molar-refractivity contribution in [2.45, 2.75) is 12.6 Å². The Morgan fingerprint density at radius 3 is 2.28 bits per heavy atom. The largest absolute Gasteiger partial charge is 0.433 e. The molecule has 2 N–H and O–H groups in total. The average Bonchev–Trinajstić information content (AvgIpc) is 2.63. The molecule has 1 aromatic carbocycles. The molecule has 2 aromatic rings. The van der Waals surface area contributed by atoms with Crippen LogP contribution in [0.1, 0.15) is 16.8 Å². The Hall–Kier alpha value is -1.50. The molecule has 2 rings (SSSR count). The number of hydrogen-bond donors (Lipinski definition) is 2. The topological polar surface area (TPSA) is 48.6 Å². The number of benzene rings is 1. The van der Waals surface area contributed by atoms with Crippen molar-refractivity contribution in [2.24, 2.45) is 0 Å². The number of H-pyrrole nitrogens is 2. The predicted octanol–water partition coefficient (Wildman–Crippen LogP) is 3.08. The maximum Gasteiger partial charge on any atom is 0.433 e. The lowest BCUT2D eigenvalue weighted by Crippen LogP contribution is -2.13. The quantitative estimate of drug-likeness (QED) is 0.877. The summed E-state index contributed by atoms with van der Waals surface area (Å²) in [5, 5.41) is 3.84. The highest BCUT2D eigenvalue weighted by atomic mass is 79.9. The van der Waals surface area contributed by atoms with Crippen LogP contribution in [0.2, 0.25) is 0 Å². The molecule has 0 fully saturated rings. The molecule has 18 heavy (non-hydrogen) atoms. The number of aromatic amines is 2. The fourth-order valence-corrected chi connectivity index (χ4v) is 1.87. The van der Waals surface area contributed by atoms with Gasteiger partial charge >= 0.3 is 6.18 Å². The van der Waals surface area contributed by atoms with Crippen molar-refractivity contribution in [3.63, 3.8) is 0 Å². The van der Waals surface area contributed by atoms with Gasteiger partial charge in [0.05, 0.1) is 5.56 Å². The molecule has 0 unspecified atom stereocenters. The lowest BCUT2D eigenvalue weighted by molar-refractivity contribution is -0.141. The summed E-state index contributed by atoms with van der Waals surface area (Å²) in [4.78, 5) is 11.4. The molecule has 0 saturated heterocycles. The number of rotatable bonds is 2. The van der Waals surface area contributed by atoms with Gasteiger partial charge in [-0.3, -0.25) is 15.0 Å². The van der Waals surface area contributed by atoms with E-state index in [-0.39, 0.29) is 12.0 Å². The Labute approximate surface area is 108 Å². The summed E-state index contributed by atoms with van der Waals surface area (Å²) in [7, 11) is 0. The average molecular weight is 321 g/mol. The molecule has 0 aliphatic heterocycles. The summed E-state index contributed by atoms with van der Waals surface area (Å²) < 4.78 is 38.7. The van der Waals surface area contributed by atoms with Crippen LogP contribution >= 0.6 is 15.9 Å². The molecule has 3 nitrogen and oxygen atoms in total. The van der Waals surface area contributed by atoms with Crippen molar-refractivity contribution in [3.05, 3.63) is 55.9 Å². The summed E-state index contributed by atoms with van der Waals surface area (Å²) in [5.74, 6) is 0. The first-order valence-corrected chi connectivity index (χ1v) is 5.78. The second-order valence-corrected chi connectivity index (χ2v) is 4.65. The number of aromatic nitrogens is 2. The second-order valence-electron chi connectivity index (χ2n) is 3.73. The Morgan fingerprint density at radius 1 is 1.11 bits per heavy atom. The second kappa shape index (κ2) is 4.64. The zero-order valence-corrected chi connectivity index (χ0v) is 10.5. The van der Waals surface area contributed by atoms with Crippen LogP contribution in [0.15, 0.2) is 33.5 Å². The SMILES string of the molecule is O=c1[nH][nH]c(C(F)(F)F)c1Cc1ccc(Br)cc1. The lowest BCUT2D eigenvalue weighted by Gasteiger charge is -2.06. The van der Waals surface area contributed by atoms with E-state index in [4.69, 9.17) is 0 Å². The zero-order valence-electron chi connectivity index (χ0n) is 8.94. The molecule has 0 spiro atoms. The van der Waals surface area contributed by atoms with Crippen molar-refractivity contribution >= 4 is 15.9 Å². The van der Waals surface area contributed by atoms with Crippen LogP contribution < -0.4 is 5.56 Å².